The highest BCUT2D eigenvalue weighted by molar-refractivity contribution is 6.42. The van der Waals surface area contributed by atoms with E-state index < -0.39 is 24.3 Å². The third-order valence-corrected chi connectivity index (χ3v) is 5.14. The molecule has 3 N–H and O–H groups in total. The molecule has 0 aromatic heterocycles. The fourth-order valence-corrected chi connectivity index (χ4v) is 3.18. The van der Waals surface area contributed by atoms with E-state index in [1.54, 1.807) is 20.0 Å². The third-order valence-electron chi connectivity index (χ3n) is 4.40. The summed E-state index contributed by atoms with van der Waals surface area (Å²) < 4.78 is 0. The van der Waals surface area contributed by atoms with E-state index in [-0.39, 0.29) is 30.3 Å². The van der Waals surface area contributed by atoms with Crippen LogP contribution in [-0.2, 0) is 10.3 Å². The Morgan fingerprint density at radius 3 is 2.31 bits per heavy atom. The molecule has 1 aromatic carbocycles. The summed E-state index contributed by atoms with van der Waals surface area (Å²) in [7, 11) is 2.90. The molecule has 2 atom stereocenters. The summed E-state index contributed by atoms with van der Waals surface area (Å²) in [5, 5.41) is 29.5. The van der Waals surface area contributed by atoms with Gasteiger partial charge in [-0.05, 0) is 17.7 Å². The van der Waals surface area contributed by atoms with E-state index in [0.717, 1.165) is 4.90 Å². The number of likely N-dealkylation sites (N-methyl/N-ethyl adjacent to an activating group) is 2. The van der Waals surface area contributed by atoms with Crippen LogP contribution < -0.4 is 0 Å². The van der Waals surface area contributed by atoms with Gasteiger partial charge in [-0.2, -0.15) is 0 Å². The lowest BCUT2D eigenvalue weighted by Crippen LogP contribution is -2.55. The molecule has 1 aromatic rings. The minimum atomic E-state index is -1.33. The summed E-state index contributed by atoms with van der Waals surface area (Å²) >= 11 is 12.1. The number of hydrogen-bond donors (Lipinski definition) is 3. The summed E-state index contributed by atoms with van der Waals surface area (Å²) in [6.45, 7) is 1.11. The van der Waals surface area contributed by atoms with Gasteiger partial charge in [0.1, 0.15) is 0 Å². The predicted molar refractivity (Wildman–Crippen MR) is 99.6 cm³/mol. The Hall–Kier alpha value is -1.54. The van der Waals surface area contributed by atoms with Crippen LogP contribution in [0.1, 0.15) is 25.3 Å². The van der Waals surface area contributed by atoms with E-state index in [0.29, 0.717) is 10.6 Å². The molecule has 7 nitrogen and oxygen atoms in total. The molecular weight excluding hydrogens is 383 g/mol. The molecule has 26 heavy (non-hydrogen) atoms. The Labute approximate surface area is 162 Å². The number of carbonyl (C=O) groups is 2. The summed E-state index contributed by atoms with van der Waals surface area (Å²) in [6, 6.07) is 4.64. The Morgan fingerprint density at radius 2 is 1.85 bits per heavy atom. The van der Waals surface area contributed by atoms with Crippen LogP contribution in [0.25, 0.3) is 0 Å². The second kappa shape index (κ2) is 9.41. The van der Waals surface area contributed by atoms with Crippen molar-refractivity contribution in [2.75, 3.05) is 27.2 Å². The number of carbonyl (C=O) groups excluding carboxylic acids is 1. The molecule has 0 aliphatic rings. The number of benzene rings is 1. The lowest BCUT2D eigenvalue weighted by molar-refractivity contribution is -0.131. The van der Waals surface area contributed by atoms with Crippen molar-refractivity contribution in [3.05, 3.63) is 33.8 Å². The van der Waals surface area contributed by atoms with Crippen molar-refractivity contribution >= 4 is 35.2 Å². The van der Waals surface area contributed by atoms with Crippen LogP contribution in [0.2, 0.25) is 10.0 Å². The highest BCUT2D eigenvalue weighted by Gasteiger charge is 2.43. The molecule has 0 radical (unpaired) electrons. The largest absolute Gasteiger partial charge is 0.465 e. The molecule has 0 saturated carbocycles. The summed E-state index contributed by atoms with van der Waals surface area (Å²) in [6.07, 6.45) is -2.34. The van der Waals surface area contributed by atoms with Crippen molar-refractivity contribution in [2.45, 2.75) is 31.4 Å². The van der Waals surface area contributed by atoms with Gasteiger partial charge >= 0.3 is 6.09 Å². The lowest BCUT2D eigenvalue weighted by atomic mass is 9.82. The number of carboxylic acid groups (broad SMARTS) is 1. The van der Waals surface area contributed by atoms with Gasteiger partial charge in [-0.1, -0.05) is 36.2 Å². The molecule has 146 valence electrons. The Morgan fingerprint density at radius 1 is 1.23 bits per heavy atom. The molecule has 2 amide bonds. The maximum atomic E-state index is 12.1. The standard InChI is InChI=1S/C17H24Cl2N2O5/c1-4-15(24)20(2)10-17(8-12(23)9-22,21(3)16(25)26)11-5-6-13(18)14(19)7-11/h5-7,12,22-23H,4,8-10H2,1-3H3,(H,25,26). The maximum Gasteiger partial charge on any atom is 0.407 e. The number of amides is 2. The van der Waals surface area contributed by atoms with E-state index >= 15 is 0 Å². The van der Waals surface area contributed by atoms with Crippen molar-refractivity contribution in [3.63, 3.8) is 0 Å². The van der Waals surface area contributed by atoms with E-state index in [1.165, 1.54) is 24.1 Å². The van der Waals surface area contributed by atoms with Crippen LogP contribution in [0.4, 0.5) is 4.79 Å². The number of halogens is 2. The van der Waals surface area contributed by atoms with E-state index in [9.17, 15) is 24.9 Å². The maximum absolute atomic E-state index is 12.1. The number of hydrogen-bond acceptors (Lipinski definition) is 4. The zero-order valence-corrected chi connectivity index (χ0v) is 16.5. The van der Waals surface area contributed by atoms with Crippen molar-refractivity contribution in [2.24, 2.45) is 0 Å². The molecule has 0 bridgehead atoms. The number of nitrogens with zero attached hydrogens (tertiary/aromatic N) is 2. The zero-order chi connectivity index (χ0) is 20.1. The molecule has 9 heteroatoms. The molecule has 2 unspecified atom stereocenters. The van der Waals surface area contributed by atoms with E-state index in [4.69, 9.17) is 23.2 Å². The first-order chi connectivity index (χ1) is 12.1. The first-order valence-corrected chi connectivity index (χ1v) is 8.79. The van der Waals surface area contributed by atoms with Crippen LogP contribution in [0.15, 0.2) is 18.2 Å². The first kappa shape index (κ1) is 22.5. The lowest BCUT2D eigenvalue weighted by Gasteiger charge is -2.44. The van der Waals surface area contributed by atoms with E-state index in [1.807, 2.05) is 0 Å². The van der Waals surface area contributed by atoms with Crippen LogP contribution in [0.5, 0.6) is 0 Å². The fourth-order valence-electron chi connectivity index (χ4n) is 2.88. The normalized spacial score (nSPS) is 14.4. The molecule has 0 saturated heterocycles. The average molecular weight is 407 g/mol. The second-order valence-corrected chi connectivity index (χ2v) is 6.96. The molecule has 0 aliphatic heterocycles. The van der Waals surface area contributed by atoms with Gasteiger partial charge in [0.05, 0.1) is 28.3 Å². The number of aliphatic hydroxyl groups is 2. The van der Waals surface area contributed by atoms with Gasteiger partial charge in [0, 0.05) is 33.5 Å². The summed E-state index contributed by atoms with van der Waals surface area (Å²) in [4.78, 5) is 26.3. The molecule has 0 aliphatic carbocycles. The number of rotatable bonds is 8. The van der Waals surface area contributed by atoms with Gasteiger partial charge in [-0.25, -0.2) is 4.79 Å². The molecule has 0 fully saturated rings. The molecule has 0 heterocycles. The monoisotopic (exact) mass is 406 g/mol. The van der Waals surface area contributed by atoms with Crippen molar-refractivity contribution in [1.29, 1.82) is 0 Å². The Kier molecular flexibility index (Phi) is 8.15. The highest BCUT2D eigenvalue weighted by atomic mass is 35.5. The van der Waals surface area contributed by atoms with Crippen molar-refractivity contribution in [3.8, 4) is 0 Å². The van der Waals surface area contributed by atoms with Crippen LogP contribution in [-0.4, -0.2) is 70.5 Å². The fraction of sp³-hybridized carbons (Fsp3) is 0.529. The van der Waals surface area contributed by atoms with E-state index in [2.05, 4.69) is 0 Å². The zero-order valence-electron chi connectivity index (χ0n) is 14.9. The minimum Gasteiger partial charge on any atom is -0.465 e. The van der Waals surface area contributed by atoms with Gasteiger partial charge in [0.15, 0.2) is 0 Å². The smallest absolute Gasteiger partial charge is 0.407 e. The SMILES string of the molecule is CCC(=O)N(C)CC(CC(O)CO)(c1ccc(Cl)c(Cl)c1)N(C)C(=O)O. The highest BCUT2D eigenvalue weighted by Crippen LogP contribution is 2.37. The van der Waals surface area contributed by atoms with Gasteiger partial charge in [0.25, 0.3) is 0 Å². The molecule has 0 spiro atoms. The van der Waals surface area contributed by atoms with Gasteiger partial charge in [0.2, 0.25) is 5.91 Å². The van der Waals surface area contributed by atoms with Crippen LogP contribution in [0.3, 0.4) is 0 Å². The topological polar surface area (TPSA) is 101 Å². The minimum absolute atomic E-state index is 0.0303. The second-order valence-electron chi connectivity index (χ2n) is 6.15. The number of aliphatic hydroxyl groups excluding tert-OH is 2. The summed E-state index contributed by atoms with van der Waals surface area (Å²) in [5.41, 5.74) is -0.873. The van der Waals surface area contributed by atoms with Gasteiger partial charge in [-0.15, -0.1) is 0 Å². The third kappa shape index (κ3) is 5.01. The first-order valence-electron chi connectivity index (χ1n) is 8.04. The molecular formula is C17H24Cl2N2O5. The van der Waals surface area contributed by atoms with Gasteiger partial charge in [-0.3, -0.25) is 9.69 Å². The predicted octanol–water partition coefficient (Wildman–Crippen LogP) is 2.41. The van der Waals surface area contributed by atoms with Crippen LogP contribution in [0, 0.1) is 0 Å². The van der Waals surface area contributed by atoms with Crippen molar-refractivity contribution < 1.29 is 24.9 Å². The van der Waals surface area contributed by atoms with Gasteiger partial charge < -0.3 is 20.2 Å². The summed E-state index contributed by atoms with van der Waals surface area (Å²) in [5.74, 6) is -0.188. The molecule has 1 rings (SSSR count). The van der Waals surface area contributed by atoms with Crippen LogP contribution >= 0.6 is 23.2 Å². The average Bonchev–Trinajstić information content (AvgIpc) is 2.61. The van der Waals surface area contributed by atoms with Crippen molar-refractivity contribution in [1.82, 2.24) is 9.80 Å². The Balaban J connectivity index is 3.57. The Bertz CT molecular complexity index is 658. The quantitative estimate of drug-likeness (QED) is 0.615.